The van der Waals surface area contributed by atoms with Gasteiger partial charge in [-0.1, -0.05) is 25.1 Å². The van der Waals surface area contributed by atoms with Gasteiger partial charge in [-0.15, -0.1) is 0 Å². The van der Waals surface area contributed by atoms with Gasteiger partial charge in [0.1, 0.15) is 23.3 Å². The van der Waals surface area contributed by atoms with Gasteiger partial charge in [-0.05, 0) is 55.0 Å². The number of aliphatic hydroxyl groups is 1. The zero-order chi connectivity index (χ0) is 23.4. The number of ether oxygens (including phenoxy) is 2. The Morgan fingerprint density at radius 3 is 2.48 bits per heavy atom. The van der Waals surface area contributed by atoms with E-state index in [0.717, 1.165) is 6.42 Å². The summed E-state index contributed by atoms with van der Waals surface area (Å²) in [5.74, 6) is -0.607. The maximum absolute atomic E-state index is 13.2. The maximum atomic E-state index is 13.2. The number of anilines is 1. The number of nitrogens with zero attached hydrogens (tertiary/aromatic N) is 2. The number of pyridine rings is 1. The zero-order valence-corrected chi connectivity index (χ0v) is 18.4. The van der Waals surface area contributed by atoms with Crippen molar-refractivity contribution in [3.63, 3.8) is 0 Å². The number of Topliss-reactive ketones (excluding diaryl/α,β-unsaturated/α-hetero) is 1. The van der Waals surface area contributed by atoms with Gasteiger partial charge in [0.15, 0.2) is 0 Å². The summed E-state index contributed by atoms with van der Waals surface area (Å²) in [4.78, 5) is 32.1. The Labute approximate surface area is 191 Å². The van der Waals surface area contributed by atoms with Crippen molar-refractivity contribution < 1.29 is 24.2 Å². The van der Waals surface area contributed by atoms with Crippen LogP contribution in [0.15, 0.2) is 78.5 Å². The molecule has 4 rings (SSSR count). The minimum Gasteiger partial charge on any atom is -0.507 e. The second-order valence-electron chi connectivity index (χ2n) is 7.50. The second kappa shape index (κ2) is 9.56. The molecule has 1 aromatic heterocycles. The molecule has 168 valence electrons. The topological polar surface area (TPSA) is 89.0 Å². The molecule has 1 unspecified atom stereocenters. The first-order chi connectivity index (χ1) is 16.0. The van der Waals surface area contributed by atoms with E-state index in [4.69, 9.17) is 9.47 Å². The summed E-state index contributed by atoms with van der Waals surface area (Å²) in [5.41, 5.74) is 1.32. The molecular weight excluding hydrogens is 420 g/mol. The Morgan fingerprint density at radius 1 is 1.03 bits per heavy atom. The summed E-state index contributed by atoms with van der Waals surface area (Å²) >= 11 is 0. The molecule has 1 fully saturated rings. The van der Waals surface area contributed by atoms with Crippen LogP contribution >= 0.6 is 0 Å². The molecule has 33 heavy (non-hydrogen) atoms. The standard InChI is InChI=1S/C26H24N2O5/c1-3-15-33-20-8-6-7-17(16-20)24(29)22-23(21-9-4-5-14-27-21)28(26(31)25(22)30)18-10-12-19(32-2)13-11-18/h4-14,16,23,29H,3,15H2,1-2H3/b24-22-. The molecule has 1 saturated heterocycles. The number of rotatable bonds is 7. The third-order valence-electron chi connectivity index (χ3n) is 5.34. The molecule has 0 bridgehead atoms. The predicted octanol–water partition coefficient (Wildman–Crippen LogP) is 4.51. The van der Waals surface area contributed by atoms with Crippen LogP contribution in [0.5, 0.6) is 11.5 Å². The normalized spacial score (nSPS) is 17.3. The first-order valence-electron chi connectivity index (χ1n) is 10.6. The van der Waals surface area contributed by atoms with Crippen LogP contribution in [-0.4, -0.2) is 35.5 Å². The molecule has 7 heteroatoms. The summed E-state index contributed by atoms with van der Waals surface area (Å²) in [6, 6.07) is 18.0. The molecule has 2 heterocycles. The lowest BCUT2D eigenvalue weighted by atomic mass is 9.98. The van der Waals surface area contributed by atoms with Crippen LogP contribution in [0.2, 0.25) is 0 Å². The number of ketones is 1. The molecule has 1 aliphatic heterocycles. The van der Waals surface area contributed by atoms with Gasteiger partial charge in [-0.2, -0.15) is 0 Å². The van der Waals surface area contributed by atoms with Crippen LogP contribution in [-0.2, 0) is 9.59 Å². The van der Waals surface area contributed by atoms with E-state index in [1.54, 1.807) is 80.0 Å². The summed E-state index contributed by atoms with van der Waals surface area (Å²) in [6.45, 7) is 2.53. The number of benzene rings is 2. The van der Waals surface area contributed by atoms with Gasteiger partial charge in [0.05, 0.1) is 25.0 Å². The minimum absolute atomic E-state index is 0.0258. The molecule has 1 aliphatic rings. The Kier molecular flexibility index (Phi) is 6.40. The van der Waals surface area contributed by atoms with E-state index in [1.807, 2.05) is 6.92 Å². The number of hydrogen-bond acceptors (Lipinski definition) is 6. The molecule has 7 nitrogen and oxygen atoms in total. The SMILES string of the molecule is CCCOc1cccc(/C(O)=C2/C(=O)C(=O)N(c3ccc(OC)cc3)C2c2ccccn2)c1. The zero-order valence-electron chi connectivity index (χ0n) is 18.4. The van der Waals surface area contributed by atoms with Gasteiger partial charge in [0.25, 0.3) is 11.7 Å². The molecule has 0 saturated carbocycles. The van der Waals surface area contributed by atoms with Crippen molar-refractivity contribution in [1.82, 2.24) is 4.98 Å². The first kappa shape index (κ1) is 22.1. The van der Waals surface area contributed by atoms with E-state index in [0.29, 0.717) is 35.1 Å². The summed E-state index contributed by atoms with van der Waals surface area (Å²) < 4.78 is 10.9. The maximum Gasteiger partial charge on any atom is 0.300 e. The van der Waals surface area contributed by atoms with Crippen LogP contribution in [0.3, 0.4) is 0 Å². The fraction of sp³-hybridized carbons (Fsp3) is 0.192. The lowest BCUT2D eigenvalue weighted by molar-refractivity contribution is -0.132. The van der Waals surface area contributed by atoms with Gasteiger partial charge in [0, 0.05) is 17.4 Å². The van der Waals surface area contributed by atoms with Crippen LogP contribution in [0.25, 0.3) is 5.76 Å². The molecule has 1 N–H and O–H groups in total. The molecule has 0 radical (unpaired) electrons. The lowest BCUT2D eigenvalue weighted by Crippen LogP contribution is -2.29. The average molecular weight is 444 g/mol. The first-order valence-corrected chi connectivity index (χ1v) is 10.6. The number of aliphatic hydroxyl groups excluding tert-OH is 1. The minimum atomic E-state index is -0.889. The molecule has 1 amide bonds. The van der Waals surface area contributed by atoms with Gasteiger partial charge >= 0.3 is 0 Å². The van der Waals surface area contributed by atoms with Gasteiger partial charge in [-0.25, -0.2) is 0 Å². The second-order valence-corrected chi connectivity index (χ2v) is 7.50. The third-order valence-corrected chi connectivity index (χ3v) is 5.34. The monoisotopic (exact) mass is 444 g/mol. The number of carbonyl (C=O) groups is 2. The van der Waals surface area contributed by atoms with Gasteiger partial charge < -0.3 is 14.6 Å². The quantitative estimate of drug-likeness (QED) is 0.328. The Morgan fingerprint density at radius 2 is 1.82 bits per heavy atom. The summed E-state index contributed by atoms with van der Waals surface area (Å²) in [5, 5.41) is 11.2. The molecule has 2 aromatic carbocycles. The Bertz CT molecular complexity index is 1190. The molecule has 3 aromatic rings. The summed E-state index contributed by atoms with van der Waals surface area (Å²) in [6.07, 6.45) is 2.42. The molecule has 0 aliphatic carbocycles. The number of aromatic nitrogens is 1. The highest BCUT2D eigenvalue weighted by atomic mass is 16.5. The lowest BCUT2D eigenvalue weighted by Gasteiger charge is -2.24. The van der Waals surface area contributed by atoms with Crippen molar-refractivity contribution in [2.75, 3.05) is 18.6 Å². The van der Waals surface area contributed by atoms with E-state index in [9.17, 15) is 14.7 Å². The van der Waals surface area contributed by atoms with Crippen molar-refractivity contribution in [3.8, 4) is 11.5 Å². The number of amides is 1. The van der Waals surface area contributed by atoms with E-state index in [1.165, 1.54) is 4.90 Å². The average Bonchev–Trinajstić information content (AvgIpc) is 3.13. The van der Waals surface area contributed by atoms with Crippen molar-refractivity contribution >= 4 is 23.1 Å². The van der Waals surface area contributed by atoms with Crippen LogP contribution < -0.4 is 14.4 Å². The van der Waals surface area contributed by atoms with Gasteiger partial charge in [-0.3, -0.25) is 19.5 Å². The van der Waals surface area contributed by atoms with Crippen molar-refractivity contribution in [2.24, 2.45) is 0 Å². The van der Waals surface area contributed by atoms with Gasteiger partial charge in [0.2, 0.25) is 0 Å². The van der Waals surface area contributed by atoms with E-state index >= 15 is 0 Å². The number of hydrogen-bond donors (Lipinski definition) is 1. The molecule has 1 atom stereocenters. The smallest absolute Gasteiger partial charge is 0.300 e. The number of methoxy groups -OCH3 is 1. The molecular formula is C26H24N2O5. The largest absolute Gasteiger partial charge is 0.507 e. The fourth-order valence-electron chi connectivity index (χ4n) is 3.77. The van der Waals surface area contributed by atoms with E-state index in [2.05, 4.69) is 4.98 Å². The fourth-order valence-corrected chi connectivity index (χ4v) is 3.77. The summed E-state index contributed by atoms with van der Waals surface area (Å²) in [7, 11) is 1.55. The van der Waals surface area contributed by atoms with Crippen LogP contribution in [0.1, 0.15) is 30.6 Å². The highest BCUT2D eigenvalue weighted by Gasteiger charge is 2.47. The molecule has 0 spiro atoms. The highest BCUT2D eigenvalue weighted by Crippen LogP contribution is 2.42. The predicted molar refractivity (Wildman–Crippen MR) is 124 cm³/mol. The Balaban J connectivity index is 1.85. The number of carbonyl (C=O) groups excluding carboxylic acids is 2. The van der Waals surface area contributed by atoms with Crippen molar-refractivity contribution in [3.05, 3.63) is 89.8 Å². The van der Waals surface area contributed by atoms with Crippen molar-refractivity contribution in [1.29, 1.82) is 0 Å². The van der Waals surface area contributed by atoms with E-state index in [-0.39, 0.29) is 11.3 Å². The van der Waals surface area contributed by atoms with Crippen molar-refractivity contribution in [2.45, 2.75) is 19.4 Å². The van der Waals surface area contributed by atoms with Crippen LogP contribution in [0, 0.1) is 0 Å². The highest BCUT2D eigenvalue weighted by molar-refractivity contribution is 6.51. The third kappa shape index (κ3) is 4.30. The van der Waals surface area contributed by atoms with E-state index < -0.39 is 17.7 Å². The Hall–Kier alpha value is -4.13. The van der Waals surface area contributed by atoms with Crippen LogP contribution in [0.4, 0.5) is 5.69 Å².